The lowest BCUT2D eigenvalue weighted by atomic mass is 10.2. The summed E-state index contributed by atoms with van der Waals surface area (Å²) < 4.78 is 31.0. The molecule has 0 spiro atoms. The molecule has 0 saturated carbocycles. The first kappa shape index (κ1) is 20.1. The maximum Gasteiger partial charge on any atom is 0.276 e. The van der Waals surface area contributed by atoms with Crippen LogP contribution in [0.15, 0.2) is 87.3 Å². The standard InChI is InChI=1S/C21H19BrN2O3S/c1-16-7-10-19(11-8-16)28(25,26)24-23-14-18-9-12-21(20(22)13-18)27-15-17-5-3-2-4-6-17/h2-14,24H,15H2,1H3/b23-14-. The SMILES string of the molecule is Cc1ccc(S(=O)(=O)N/N=C\c2ccc(OCc3ccccc3)c(Br)c2)cc1. The van der Waals surface area contributed by atoms with E-state index >= 15 is 0 Å². The molecule has 0 radical (unpaired) electrons. The number of aryl methyl sites for hydroxylation is 1. The lowest BCUT2D eigenvalue weighted by Crippen LogP contribution is -2.18. The fourth-order valence-corrected chi connectivity index (χ4v) is 3.69. The van der Waals surface area contributed by atoms with Gasteiger partial charge in [0.2, 0.25) is 0 Å². The monoisotopic (exact) mass is 458 g/mol. The average Bonchev–Trinajstić information content (AvgIpc) is 2.68. The van der Waals surface area contributed by atoms with Gasteiger partial charge in [0.25, 0.3) is 10.0 Å². The second-order valence-corrected chi connectivity index (χ2v) is 8.65. The van der Waals surface area contributed by atoms with E-state index in [-0.39, 0.29) is 4.90 Å². The Bertz CT molecular complexity index is 1070. The van der Waals surface area contributed by atoms with Crippen LogP contribution in [0, 0.1) is 6.92 Å². The van der Waals surface area contributed by atoms with E-state index in [0.717, 1.165) is 21.2 Å². The van der Waals surface area contributed by atoms with Gasteiger partial charge in [0.05, 0.1) is 15.6 Å². The van der Waals surface area contributed by atoms with Crippen LogP contribution in [0.2, 0.25) is 0 Å². The molecule has 0 amide bonds. The summed E-state index contributed by atoms with van der Waals surface area (Å²) in [5, 5.41) is 3.85. The first-order chi connectivity index (χ1) is 13.4. The third kappa shape index (κ3) is 5.43. The average molecular weight is 459 g/mol. The van der Waals surface area contributed by atoms with Gasteiger partial charge in [0.1, 0.15) is 12.4 Å². The number of benzene rings is 3. The zero-order valence-corrected chi connectivity index (χ0v) is 17.6. The molecule has 0 atom stereocenters. The molecule has 1 N–H and O–H groups in total. The molecule has 3 rings (SSSR count). The normalized spacial score (nSPS) is 11.5. The Morgan fingerprint density at radius 1 is 1.04 bits per heavy atom. The number of ether oxygens (including phenoxy) is 1. The van der Waals surface area contributed by atoms with Crippen molar-refractivity contribution in [2.75, 3.05) is 0 Å². The lowest BCUT2D eigenvalue weighted by Gasteiger charge is -2.09. The number of sulfonamides is 1. The zero-order chi connectivity index (χ0) is 20.0. The number of nitrogens with zero attached hydrogens (tertiary/aromatic N) is 1. The first-order valence-corrected chi connectivity index (χ1v) is 10.8. The fraction of sp³-hybridized carbons (Fsp3) is 0.0952. The van der Waals surface area contributed by atoms with E-state index in [2.05, 4.69) is 25.9 Å². The summed E-state index contributed by atoms with van der Waals surface area (Å²) in [6.45, 7) is 2.36. The maximum absolute atomic E-state index is 12.2. The Balaban J connectivity index is 1.63. The van der Waals surface area contributed by atoms with Crippen LogP contribution in [0.25, 0.3) is 0 Å². The van der Waals surface area contributed by atoms with Crippen molar-refractivity contribution < 1.29 is 13.2 Å². The van der Waals surface area contributed by atoms with E-state index in [1.807, 2.05) is 49.4 Å². The molecule has 0 fully saturated rings. The van der Waals surface area contributed by atoms with Crippen LogP contribution in [-0.2, 0) is 16.6 Å². The van der Waals surface area contributed by atoms with Crippen LogP contribution < -0.4 is 9.57 Å². The molecule has 28 heavy (non-hydrogen) atoms. The van der Waals surface area contributed by atoms with Gasteiger partial charge in [-0.05, 0) is 64.3 Å². The minimum absolute atomic E-state index is 0.168. The number of nitrogens with one attached hydrogen (secondary N) is 1. The molecule has 3 aromatic carbocycles. The van der Waals surface area contributed by atoms with E-state index < -0.39 is 10.0 Å². The first-order valence-electron chi connectivity index (χ1n) is 8.52. The highest BCUT2D eigenvalue weighted by Crippen LogP contribution is 2.26. The van der Waals surface area contributed by atoms with Crippen molar-refractivity contribution >= 4 is 32.2 Å². The molecular formula is C21H19BrN2O3S. The Morgan fingerprint density at radius 2 is 1.75 bits per heavy atom. The molecule has 0 aliphatic rings. The van der Waals surface area contributed by atoms with Crippen LogP contribution in [0.3, 0.4) is 0 Å². The zero-order valence-electron chi connectivity index (χ0n) is 15.2. The molecule has 7 heteroatoms. The summed E-state index contributed by atoms with van der Waals surface area (Å²) in [5.74, 6) is 0.696. The Morgan fingerprint density at radius 3 is 2.43 bits per heavy atom. The molecule has 0 bridgehead atoms. The summed E-state index contributed by atoms with van der Waals surface area (Å²) in [6.07, 6.45) is 1.44. The van der Waals surface area contributed by atoms with Gasteiger partial charge < -0.3 is 4.74 Å². The molecule has 5 nitrogen and oxygen atoms in total. The molecule has 0 unspecified atom stereocenters. The number of hydrazone groups is 1. The summed E-state index contributed by atoms with van der Waals surface area (Å²) in [4.78, 5) is 2.39. The van der Waals surface area contributed by atoms with E-state index in [1.54, 1.807) is 30.3 Å². The largest absolute Gasteiger partial charge is 0.488 e. The highest BCUT2D eigenvalue weighted by Gasteiger charge is 2.11. The van der Waals surface area contributed by atoms with Crippen LogP contribution in [0.5, 0.6) is 5.75 Å². The van der Waals surface area contributed by atoms with Crippen LogP contribution in [-0.4, -0.2) is 14.6 Å². The maximum atomic E-state index is 12.2. The van der Waals surface area contributed by atoms with E-state index in [9.17, 15) is 8.42 Å². The molecule has 0 saturated heterocycles. The Labute approximate surface area is 173 Å². The predicted octanol–water partition coefficient (Wildman–Crippen LogP) is 4.65. The number of rotatable bonds is 7. The highest BCUT2D eigenvalue weighted by molar-refractivity contribution is 9.10. The van der Waals surface area contributed by atoms with E-state index in [4.69, 9.17) is 4.74 Å². The molecule has 0 heterocycles. The van der Waals surface area contributed by atoms with Gasteiger partial charge in [0.15, 0.2) is 0 Å². The quantitative estimate of drug-likeness (QED) is 0.413. The second-order valence-electron chi connectivity index (χ2n) is 6.13. The molecule has 0 aliphatic heterocycles. The van der Waals surface area contributed by atoms with E-state index in [1.165, 1.54) is 6.21 Å². The van der Waals surface area contributed by atoms with Gasteiger partial charge in [-0.25, -0.2) is 4.83 Å². The molecule has 0 aliphatic carbocycles. The van der Waals surface area contributed by atoms with Gasteiger partial charge in [0, 0.05) is 0 Å². The third-order valence-corrected chi connectivity index (χ3v) is 5.77. The summed E-state index contributed by atoms with van der Waals surface area (Å²) >= 11 is 3.47. The number of halogens is 1. The van der Waals surface area contributed by atoms with Gasteiger partial charge in [-0.1, -0.05) is 48.0 Å². The fourth-order valence-electron chi connectivity index (χ4n) is 2.39. The van der Waals surface area contributed by atoms with Crippen molar-refractivity contribution in [1.82, 2.24) is 4.83 Å². The minimum atomic E-state index is -3.69. The van der Waals surface area contributed by atoms with Crippen molar-refractivity contribution in [2.24, 2.45) is 5.10 Å². The lowest BCUT2D eigenvalue weighted by molar-refractivity contribution is 0.304. The molecular weight excluding hydrogens is 440 g/mol. The van der Waals surface area contributed by atoms with Crippen molar-refractivity contribution in [2.45, 2.75) is 18.4 Å². The van der Waals surface area contributed by atoms with Crippen LogP contribution in [0.4, 0.5) is 0 Å². The van der Waals surface area contributed by atoms with E-state index in [0.29, 0.717) is 12.4 Å². The van der Waals surface area contributed by atoms with Gasteiger partial charge in [-0.3, -0.25) is 0 Å². The summed E-state index contributed by atoms with van der Waals surface area (Å²) in [7, 11) is -3.69. The highest BCUT2D eigenvalue weighted by atomic mass is 79.9. The predicted molar refractivity (Wildman–Crippen MR) is 114 cm³/mol. The smallest absolute Gasteiger partial charge is 0.276 e. The Hall–Kier alpha value is -2.64. The van der Waals surface area contributed by atoms with Crippen molar-refractivity contribution in [3.8, 4) is 5.75 Å². The summed E-state index contributed by atoms with van der Waals surface area (Å²) in [6, 6.07) is 21.9. The van der Waals surface area contributed by atoms with Crippen molar-refractivity contribution in [3.63, 3.8) is 0 Å². The molecule has 3 aromatic rings. The minimum Gasteiger partial charge on any atom is -0.488 e. The van der Waals surface area contributed by atoms with Crippen LogP contribution in [0.1, 0.15) is 16.7 Å². The second kappa shape index (κ2) is 9.03. The number of hydrogen-bond donors (Lipinski definition) is 1. The van der Waals surface area contributed by atoms with Crippen LogP contribution >= 0.6 is 15.9 Å². The topological polar surface area (TPSA) is 67.8 Å². The third-order valence-electron chi connectivity index (χ3n) is 3.91. The molecule has 144 valence electrons. The Kier molecular flexibility index (Phi) is 6.49. The van der Waals surface area contributed by atoms with Crippen molar-refractivity contribution in [3.05, 3.63) is 94.0 Å². The molecule has 0 aromatic heterocycles. The van der Waals surface area contributed by atoms with Crippen molar-refractivity contribution in [1.29, 1.82) is 0 Å². The number of hydrogen-bond acceptors (Lipinski definition) is 4. The van der Waals surface area contributed by atoms with Gasteiger partial charge in [-0.2, -0.15) is 13.5 Å². The summed E-state index contributed by atoms with van der Waals surface area (Å²) in [5.41, 5.74) is 2.79. The van der Waals surface area contributed by atoms with Gasteiger partial charge in [-0.15, -0.1) is 0 Å². The van der Waals surface area contributed by atoms with Gasteiger partial charge >= 0.3 is 0 Å².